The van der Waals surface area contributed by atoms with Gasteiger partial charge in [0.2, 0.25) is 0 Å². The normalized spacial score (nSPS) is 43.3. The summed E-state index contributed by atoms with van der Waals surface area (Å²) in [4.78, 5) is 0. The smallest absolute Gasteiger partial charge is 0.0204 e. The molecule has 82 valence electrons. The summed E-state index contributed by atoms with van der Waals surface area (Å²) in [6.07, 6.45) is 7.20. The molecule has 0 aromatic rings. The molecule has 14 heavy (non-hydrogen) atoms. The van der Waals surface area contributed by atoms with Crippen LogP contribution in [0.15, 0.2) is 0 Å². The molecule has 0 radical (unpaired) electrons. The average molecular weight is 213 g/mol. The molecule has 4 unspecified atom stereocenters. The lowest BCUT2D eigenvalue weighted by atomic mass is 9.83. The summed E-state index contributed by atoms with van der Waals surface area (Å²) in [6.45, 7) is 4.64. The molecule has 0 spiro atoms. The van der Waals surface area contributed by atoms with E-state index in [9.17, 15) is 0 Å². The van der Waals surface area contributed by atoms with Crippen molar-refractivity contribution in [2.24, 2.45) is 5.92 Å². The molecule has 0 amide bonds. The molecule has 1 saturated heterocycles. The first-order valence-corrected chi connectivity index (χ1v) is 7.22. The van der Waals surface area contributed by atoms with E-state index in [1.54, 1.807) is 0 Å². The lowest BCUT2D eigenvalue weighted by Gasteiger charge is -2.41. The summed E-state index contributed by atoms with van der Waals surface area (Å²) >= 11 is 2.22. The number of hydrogen-bond acceptors (Lipinski definition) is 2. The first-order valence-electron chi connectivity index (χ1n) is 6.17. The molecule has 2 fully saturated rings. The highest BCUT2D eigenvalue weighted by molar-refractivity contribution is 8.00. The van der Waals surface area contributed by atoms with Crippen molar-refractivity contribution in [3.05, 3.63) is 0 Å². The third-order valence-corrected chi connectivity index (χ3v) is 5.30. The molecule has 1 N–H and O–H groups in total. The largest absolute Gasteiger partial charge is 0.310 e. The fraction of sp³-hybridized carbons (Fsp3) is 1.00. The fourth-order valence-corrected chi connectivity index (χ4v) is 4.43. The molecule has 1 heterocycles. The number of fused-ring (bicyclic) bond motifs is 1. The Balaban J connectivity index is 1.85. The highest BCUT2D eigenvalue weighted by Gasteiger charge is 2.33. The third-order valence-electron chi connectivity index (χ3n) is 3.66. The maximum Gasteiger partial charge on any atom is 0.0204 e. The average Bonchev–Trinajstić information content (AvgIpc) is 2.19. The summed E-state index contributed by atoms with van der Waals surface area (Å²) in [7, 11) is 0. The molecule has 1 aliphatic heterocycles. The van der Waals surface area contributed by atoms with E-state index in [2.05, 4.69) is 30.9 Å². The topological polar surface area (TPSA) is 12.0 Å². The summed E-state index contributed by atoms with van der Waals surface area (Å²) in [5, 5.41) is 4.69. The van der Waals surface area contributed by atoms with Crippen LogP contribution in [0.5, 0.6) is 0 Å². The Morgan fingerprint density at radius 1 is 1.36 bits per heavy atom. The Morgan fingerprint density at radius 3 is 3.00 bits per heavy atom. The molecule has 0 bridgehead atoms. The maximum atomic E-state index is 3.76. The van der Waals surface area contributed by atoms with Crippen molar-refractivity contribution in [1.82, 2.24) is 5.32 Å². The number of nitrogens with one attached hydrogen (secondary N) is 1. The minimum Gasteiger partial charge on any atom is -0.310 e. The first kappa shape index (κ1) is 10.8. The number of rotatable bonds is 2. The van der Waals surface area contributed by atoms with Gasteiger partial charge in [0, 0.05) is 23.1 Å². The zero-order valence-electron chi connectivity index (χ0n) is 9.46. The molecule has 0 aromatic heterocycles. The van der Waals surface area contributed by atoms with Crippen LogP contribution in [0.2, 0.25) is 0 Å². The van der Waals surface area contributed by atoms with Crippen LogP contribution in [-0.2, 0) is 0 Å². The van der Waals surface area contributed by atoms with E-state index < -0.39 is 0 Å². The van der Waals surface area contributed by atoms with E-state index in [4.69, 9.17) is 0 Å². The van der Waals surface area contributed by atoms with Crippen molar-refractivity contribution >= 4 is 11.8 Å². The van der Waals surface area contributed by atoms with Gasteiger partial charge >= 0.3 is 0 Å². The minimum absolute atomic E-state index is 0.740. The molecule has 2 aliphatic rings. The van der Waals surface area contributed by atoms with Crippen molar-refractivity contribution in [2.45, 2.75) is 63.3 Å². The van der Waals surface area contributed by atoms with Gasteiger partial charge in [-0.25, -0.2) is 0 Å². The molecular weight excluding hydrogens is 190 g/mol. The van der Waals surface area contributed by atoms with Gasteiger partial charge in [0.25, 0.3) is 0 Å². The second-order valence-electron chi connectivity index (χ2n) is 5.01. The van der Waals surface area contributed by atoms with Crippen LogP contribution in [0.25, 0.3) is 0 Å². The molecular formula is C12H23NS. The molecule has 1 aliphatic carbocycles. The maximum absolute atomic E-state index is 3.76. The van der Waals surface area contributed by atoms with Gasteiger partial charge in [-0.3, -0.25) is 0 Å². The van der Waals surface area contributed by atoms with Crippen LogP contribution in [0.4, 0.5) is 0 Å². The highest BCUT2D eigenvalue weighted by atomic mass is 32.2. The second kappa shape index (κ2) is 4.89. The Kier molecular flexibility index (Phi) is 3.78. The van der Waals surface area contributed by atoms with Crippen molar-refractivity contribution in [1.29, 1.82) is 0 Å². The van der Waals surface area contributed by atoms with Crippen molar-refractivity contribution in [3.8, 4) is 0 Å². The van der Waals surface area contributed by atoms with Gasteiger partial charge in [-0.05, 0) is 32.1 Å². The molecule has 1 saturated carbocycles. The Morgan fingerprint density at radius 2 is 2.21 bits per heavy atom. The van der Waals surface area contributed by atoms with Crippen LogP contribution >= 0.6 is 11.8 Å². The van der Waals surface area contributed by atoms with Crippen LogP contribution < -0.4 is 5.32 Å². The number of hydrogen-bond donors (Lipinski definition) is 1. The van der Waals surface area contributed by atoms with Gasteiger partial charge in [0.15, 0.2) is 0 Å². The van der Waals surface area contributed by atoms with Gasteiger partial charge in [-0.2, -0.15) is 11.8 Å². The Labute approximate surface area is 92.4 Å². The SMILES string of the molecule is CCCC1CCC2NC(C)CSC2C1. The van der Waals surface area contributed by atoms with Crippen LogP contribution in [0, 0.1) is 5.92 Å². The van der Waals surface area contributed by atoms with Gasteiger partial charge in [-0.1, -0.05) is 19.8 Å². The van der Waals surface area contributed by atoms with Gasteiger partial charge < -0.3 is 5.32 Å². The number of thioether (sulfide) groups is 1. The van der Waals surface area contributed by atoms with Crippen LogP contribution in [0.3, 0.4) is 0 Å². The van der Waals surface area contributed by atoms with E-state index >= 15 is 0 Å². The van der Waals surface area contributed by atoms with E-state index in [1.807, 2.05) is 0 Å². The standard InChI is InChI=1S/C12H23NS/c1-3-4-10-5-6-11-12(7-10)14-8-9(2)13-11/h9-13H,3-8H2,1-2H3. The fourth-order valence-electron chi connectivity index (χ4n) is 2.94. The van der Waals surface area contributed by atoms with Gasteiger partial charge in [-0.15, -0.1) is 0 Å². The zero-order valence-corrected chi connectivity index (χ0v) is 10.3. The lowest BCUT2D eigenvalue weighted by molar-refractivity contribution is 0.271. The predicted molar refractivity (Wildman–Crippen MR) is 64.9 cm³/mol. The summed E-state index contributed by atoms with van der Waals surface area (Å²) in [5.41, 5.74) is 0. The van der Waals surface area contributed by atoms with Gasteiger partial charge in [0.05, 0.1) is 0 Å². The van der Waals surface area contributed by atoms with E-state index in [1.165, 1.54) is 37.9 Å². The van der Waals surface area contributed by atoms with E-state index in [-0.39, 0.29) is 0 Å². The predicted octanol–water partition coefficient (Wildman–Crippen LogP) is 3.05. The van der Waals surface area contributed by atoms with Crippen molar-refractivity contribution in [2.75, 3.05) is 5.75 Å². The Hall–Kier alpha value is 0.310. The summed E-state index contributed by atoms with van der Waals surface area (Å²) in [5.74, 6) is 2.35. The van der Waals surface area contributed by atoms with Crippen LogP contribution in [0.1, 0.15) is 46.0 Å². The lowest BCUT2D eigenvalue weighted by Crippen LogP contribution is -2.51. The summed E-state index contributed by atoms with van der Waals surface area (Å²) in [6, 6.07) is 1.57. The minimum atomic E-state index is 0.740. The molecule has 0 aromatic carbocycles. The molecule has 1 nitrogen and oxygen atoms in total. The molecule has 2 rings (SSSR count). The van der Waals surface area contributed by atoms with E-state index in [0.29, 0.717) is 0 Å². The van der Waals surface area contributed by atoms with Crippen LogP contribution in [-0.4, -0.2) is 23.1 Å². The monoisotopic (exact) mass is 213 g/mol. The van der Waals surface area contributed by atoms with Gasteiger partial charge in [0.1, 0.15) is 0 Å². The third kappa shape index (κ3) is 2.46. The Bertz CT molecular complexity index is 183. The summed E-state index contributed by atoms with van der Waals surface area (Å²) < 4.78 is 0. The second-order valence-corrected chi connectivity index (χ2v) is 6.29. The van der Waals surface area contributed by atoms with Crippen molar-refractivity contribution in [3.63, 3.8) is 0 Å². The molecule has 2 heteroatoms. The van der Waals surface area contributed by atoms with Crippen molar-refractivity contribution < 1.29 is 0 Å². The quantitative estimate of drug-likeness (QED) is 0.756. The highest BCUT2D eigenvalue weighted by Crippen LogP contribution is 2.37. The van der Waals surface area contributed by atoms with E-state index in [0.717, 1.165) is 23.3 Å². The first-order chi connectivity index (χ1) is 6.79. The zero-order chi connectivity index (χ0) is 9.97. The molecule has 4 atom stereocenters.